The minimum Gasteiger partial charge on any atom is -0.476 e. The fourth-order valence-corrected chi connectivity index (χ4v) is 1.57. The molecule has 8 heteroatoms. The molecule has 0 saturated heterocycles. The van der Waals surface area contributed by atoms with E-state index in [1.54, 1.807) is 12.1 Å². The van der Waals surface area contributed by atoms with Crippen LogP contribution in [0.15, 0.2) is 12.1 Å². The van der Waals surface area contributed by atoms with Gasteiger partial charge in [0.1, 0.15) is 5.82 Å². The van der Waals surface area contributed by atoms with Crippen LogP contribution in [0.5, 0.6) is 5.88 Å². The van der Waals surface area contributed by atoms with Crippen LogP contribution < -0.4 is 26.8 Å². The number of amides is 2. The van der Waals surface area contributed by atoms with Crippen molar-refractivity contribution in [2.24, 2.45) is 17.4 Å². The van der Waals surface area contributed by atoms with Crippen molar-refractivity contribution in [1.82, 2.24) is 4.98 Å². The summed E-state index contributed by atoms with van der Waals surface area (Å²) >= 11 is 0. The lowest BCUT2D eigenvalue weighted by molar-refractivity contribution is -0.117. The number of hydrogen-bond acceptors (Lipinski definition) is 6. The summed E-state index contributed by atoms with van der Waals surface area (Å²) in [5.74, 6) is -0.290. The monoisotopic (exact) mass is 295 g/mol. The molecule has 21 heavy (non-hydrogen) atoms. The van der Waals surface area contributed by atoms with E-state index in [1.165, 1.54) is 4.90 Å². The lowest BCUT2D eigenvalue weighted by Gasteiger charge is -2.21. The van der Waals surface area contributed by atoms with E-state index in [2.05, 4.69) is 4.98 Å². The first-order valence-corrected chi connectivity index (χ1v) is 6.50. The van der Waals surface area contributed by atoms with Crippen LogP contribution in [0.4, 0.5) is 11.5 Å². The number of rotatable bonds is 8. The molecule has 0 aliphatic rings. The SMILES string of the molecule is CC(C)COc1nc(N(CC(N)=O)CC(N)=O)ccc1N. The van der Waals surface area contributed by atoms with E-state index < -0.39 is 11.8 Å². The van der Waals surface area contributed by atoms with E-state index >= 15 is 0 Å². The maximum atomic E-state index is 11.1. The number of aromatic nitrogens is 1. The number of primary amides is 2. The van der Waals surface area contributed by atoms with E-state index in [0.29, 0.717) is 24.0 Å². The van der Waals surface area contributed by atoms with Gasteiger partial charge in [0.25, 0.3) is 0 Å². The van der Waals surface area contributed by atoms with Crippen molar-refractivity contribution in [1.29, 1.82) is 0 Å². The smallest absolute Gasteiger partial charge is 0.239 e. The second-order valence-corrected chi connectivity index (χ2v) is 5.06. The molecule has 0 unspecified atom stereocenters. The fraction of sp³-hybridized carbons (Fsp3) is 0.462. The highest BCUT2D eigenvalue weighted by molar-refractivity contribution is 5.84. The van der Waals surface area contributed by atoms with Gasteiger partial charge < -0.3 is 26.8 Å². The lowest BCUT2D eigenvalue weighted by Crippen LogP contribution is -2.40. The standard InChI is InChI=1S/C13H21N5O3/c1-8(2)7-21-13-9(14)3-4-12(17-13)18(5-10(15)19)6-11(16)20/h3-4,8H,5-7,14H2,1-2H3,(H2,15,19)(H2,16,20). The molecule has 6 N–H and O–H groups in total. The number of carbonyl (C=O) groups is 2. The Morgan fingerprint density at radius 3 is 2.29 bits per heavy atom. The van der Waals surface area contributed by atoms with Gasteiger partial charge in [0.15, 0.2) is 0 Å². The summed E-state index contributed by atoms with van der Waals surface area (Å²) in [5.41, 5.74) is 16.5. The van der Waals surface area contributed by atoms with Gasteiger partial charge >= 0.3 is 0 Å². The van der Waals surface area contributed by atoms with E-state index in [9.17, 15) is 9.59 Å². The van der Waals surface area contributed by atoms with Crippen LogP contribution >= 0.6 is 0 Å². The summed E-state index contributed by atoms with van der Waals surface area (Å²) < 4.78 is 5.50. The molecule has 0 aliphatic heterocycles. The summed E-state index contributed by atoms with van der Waals surface area (Å²) in [6.07, 6.45) is 0. The summed E-state index contributed by atoms with van der Waals surface area (Å²) in [7, 11) is 0. The Labute approximate surface area is 123 Å². The Morgan fingerprint density at radius 1 is 1.24 bits per heavy atom. The molecule has 1 rings (SSSR count). The third-order valence-electron chi connectivity index (χ3n) is 2.45. The molecule has 1 heterocycles. The predicted octanol–water partition coefficient (Wildman–Crippen LogP) is -0.524. The highest BCUT2D eigenvalue weighted by Gasteiger charge is 2.15. The van der Waals surface area contributed by atoms with Gasteiger partial charge in [-0.1, -0.05) is 13.8 Å². The van der Waals surface area contributed by atoms with E-state index in [4.69, 9.17) is 21.9 Å². The molecule has 0 bridgehead atoms. The molecule has 8 nitrogen and oxygen atoms in total. The number of carbonyl (C=O) groups excluding carboxylic acids is 2. The van der Waals surface area contributed by atoms with E-state index in [-0.39, 0.29) is 19.0 Å². The number of nitrogens with zero attached hydrogens (tertiary/aromatic N) is 2. The molecule has 116 valence electrons. The molecule has 2 amide bonds. The Balaban J connectivity index is 2.99. The second kappa shape index (κ2) is 7.32. The van der Waals surface area contributed by atoms with Gasteiger partial charge in [0.05, 0.1) is 25.4 Å². The van der Waals surface area contributed by atoms with Crippen LogP contribution in [0, 0.1) is 5.92 Å². The van der Waals surface area contributed by atoms with Crippen LogP contribution in [0.1, 0.15) is 13.8 Å². The molecule has 1 aromatic rings. The highest BCUT2D eigenvalue weighted by atomic mass is 16.5. The number of ether oxygens (including phenoxy) is 1. The Morgan fingerprint density at radius 2 is 1.81 bits per heavy atom. The van der Waals surface area contributed by atoms with Crippen molar-refractivity contribution >= 4 is 23.3 Å². The van der Waals surface area contributed by atoms with Crippen molar-refractivity contribution in [3.05, 3.63) is 12.1 Å². The summed E-state index contributed by atoms with van der Waals surface area (Å²) in [5, 5.41) is 0. The topological polar surface area (TPSA) is 138 Å². The third-order valence-corrected chi connectivity index (χ3v) is 2.45. The predicted molar refractivity (Wildman–Crippen MR) is 79.6 cm³/mol. The zero-order valence-corrected chi connectivity index (χ0v) is 12.2. The van der Waals surface area contributed by atoms with Gasteiger partial charge in [-0.2, -0.15) is 4.98 Å². The number of hydrogen-bond donors (Lipinski definition) is 3. The van der Waals surface area contributed by atoms with Gasteiger partial charge in [0.2, 0.25) is 17.7 Å². The Bertz CT molecular complexity index is 503. The molecule has 0 radical (unpaired) electrons. The zero-order valence-electron chi connectivity index (χ0n) is 12.2. The van der Waals surface area contributed by atoms with Crippen molar-refractivity contribution in [3.63, 3.8) is 0 Å². The first-order valence-electron chi connectivity index (χ1n) is 6.50. The number of nitrogen functional groups attached to an aromatic ring is 1. The summed E-state index contributed by atoms with van der Waals surface area (Å²) in [6, 6.07) is 3.16. The highest BCUT2D eigenvalue weighted by Crippen LogP contribution is 2.23. The number of nitrogens with two attached hydrogens (primary N) is 3. The zero-order chi connectivity index (χ0) is 16.0. The van der Waals surface area contributed by atoms with Crippen molar-refractivity contribution in [2.75, 3.05) is 30.3 Å². The molecule has 1 aromatic heterocycles. The average molecular weight is 295 g/mol. The second-order valence-electron chi connectivity index (χ2n) is 5.06. The molecule has 0 aromatic carbocycles. The average Bonchev–Trinajstić information content (AvgIpc) is 2.35. The minimum atomic E-state index is -0.598. The minimum absolute atomic E-state index is 0.177. The Hall–Kier alpha value is -2.51. The largest absolute Gasteiger partial charge is 0.476 e. The van der Waals surface area contributed by atoms with Gasteiger partial charge in [-0.3, -0.25) is 9.59 Å². The van der Waals surface area contributed by atoms with E-state index in [0.717, 1.165) is 0 Å². The van der Waals surface area contributed by atoms with E-state index in [1.807, 2.05) is 13.8 Å². The van der Waals surface area contributed by atoms with Gasteiger partial charge in [0, 0.05) is 0 Å². The van der Waals surface area contributed by atoms with Crippen LogP contribution in [0.3, 0.4) is 0 Å². The van der Waals surface area contributed by atoms with Gasteiger partial charge in [-0.15, -0.1) is 0 Å². The third kappa shape index (κ3) is 5.55. The molecule has 0 fully saturated rings. The lowest BCUT2D eigenvalue weighted by atomic mass is 10.2. The van der Waals surface area contributed by atoms with Crippen LogP contribution in [-0.2, 0) is 9.59 Å². The maximum absolute atomic E-state index is 11.1. The quantitative estimate of drug-likeness (QED) is 0.589. The van der Waals surface area contributed by atoms with Crippen LogP contribution in [0.25, 0.3) is 0 Å². The molecule has 0 saturated carbocycles. The fourth-order valence-electron chi connectivity index (χ4n) is 1.57. The van der Waals surface area contributed by atoms with Crippen molar-refractivity contribution in [2.45, 2.75) is 13.8 Å². The number of anilines is 2. The molecular formula is C13H21N5O3. The normalized spacial score (nSPS) is 10.4. The molecular weight excluding hydrogens is 274 g/mol. The molecule has 0 aliphatic carbocycles. The first kappa shape index (κ1) is 16.5. The molecule has 0 atom stereocenters. The van der Waals surface area contributed by atoms with Crippen LogP contribution in [-0.4, -0.2) is 36.5 Å². The first-order chi connectivity index (χ1) is 9.79. The molecule has 0 spiro atoms. The van der Waals surface area contributed by atoms with Crippen LogP contribution in [0.2, 0.25) is 0 Å². The van der Waals surface area contributed by atoms with Crippen molar-refractivity contribution < 1.29 is 14.3 Å². The summed E-state index contributed by atoms with van der Waals surface area (Å²) in [6.45, 7) is 4.08. The maximum Gasteiger partial charge on any atom is 0.239 e. The van der Waals surface area contributed by atoms with Crippen molar-refractivity contribution in [3.8, 4) is 5.88 Å². The summed E-state index contributed by atoms with van der Waals surface area (Å²) in [4.78, 5) is 27.7. The van der Waals surface area contributed by atoms with Gasteiger partial charge in [-0.25, -0.2) is 0 Å². The van der Waals surface area contributed by atoms with Gasteiger partial charge in [-0.05, 0) is 18.1 Å². The number of pyridine rings is 1. The Kier molecular flexibility index (Phi) is 5.77.